The van der Waals surface area contributed by atoms with Crippen molar-refractivity contribution in [2.24, 2.45) is 11.8 Å². The number of furan rings is 1. The maximum atomic E-state index is 10.6. The zero-order chi connectivity index (χ0) is 28.5. The van der Waals surface area contributed by atoms with Crippen LogP contribution in [0.1, 0.15) is 17.1 Å². The van der Waals surface area contributed by atoms with Crippen molar-refractivity contribution in [3.63, 3.8) is 0 Å². The van der Waals surface area contributed by atoms with E-state index in [4.69, 9.17) is 29.0 Å². The molecule has 8 nitrogen and oxygen atoms in total. The summed E-state index contributed by atoms with van der Waals surface area (Å²) in [7, 11) is 2.16. The van der Waals surface area contributed by atoms with Gasteiger partial charge in [-0.25, -0.2) is 9.59 Å². The summed E-state index contributed by atoms with van der Waals surface area (Å²) in [5.41, 5.74) is 0. The van der Waals surface area contributed by atoms with Crippen molar-refractivity contribution in [2.45, 2.75) is 38.0 Å². The number of fused-ring (bicyclic) bond motifs is 1. The number of rotatable bonds is 6. The van der Waals surface area contributed by atoms with E-state index in [1.807, 2.05) is 23.5 Å². The predicted octanol–water partition coefficient (Wildman–Crippen LogP) is 4.58. The van der Waals surface area contributed by atoms with Gasteiger partial charge in [-0.3, -0.25) is 9.80 Å². The largest absolute Gasteiger partial charge is 0.490 e. The molecular weight excluding hydrogens is 546 g/mol. The molecule has 4 heterocycles. The Morgan fingerprint density at radius 2 is 1.74 bits per heavy atom. The van der Waals surface area contributed by atoms with Crippen molar-refractivity contribution < 1.29 is 55.3 Å². The minimum absolute atomic E-state index is 0.348. The van der Waals surface area contributed by atoms with Gasteiger partial charge in [-0.2, -0.15) is 26.3 Å². The molecule has 0 bridgehead atoms. The number of halogens is 6. The molecule has 0 aliphatic carbocycles. The molecule has 0 saturated carbocycles. The number of nitrogens with zero attached hydrogens (tertiary/aromatic N) is 2. The molecule has 3 atom stereocenters. The SMILES string of the molecule is CN(Cc1ccco1)C[C@H]1OC[C@@H]2CCN(Cc3cccs3)C[C@@H]21.O=C(O)C(F)(F)F.O=C(O)C(F)(F)F. The molecule has 0 radical (unpaired) electrons. The molecule has 2 fully saturated rings. The van der Waals surface area contributed by atoms with Gasteiger partial charge in [0.2, 0.25) is 0 Å². The normalized spacial score (nSPS) is 21.6. The van der Waals surface area contributed by atoms with Crippen LogP contribution in [-0.4, -0.2) is 83.7 Å². The summed E-state index contributed by atoms with van der Waals surface area (Å²) in [6.45, 7) is 6.24. The number of carboxylic acid groups (broad SMARTS) is 2. The molecule has 0 aromatic carbocycles. The molecule has 0 spiro atoms. The Bertz CT molecular complexity index is 960. The second kappa shape index (κ2) is 14.0. The molecule has 2 aliphatic heterocycles. The number of piperidine rings is 1. The van der Waals surface area contributed by atoms with E-state index in [-0.39, 0.29) is 0 Å². The van der Waals surface area contributed by atoms with Crippen molar-refractivity contribution in [3.05, 3.63) is 46.5 Å². The number of ether oxygens (including phenoxy) is 1. The Kier molecular flexibility index (Phi) is 11.6. The average Bonchev–Trinajstić information content (AvgIpc) is 3.57. The lowest BCUT2D eigenvalue weighted by Gasteiger charge is -2.36. The van der Waals surface area contributed by atoms with Crippen LogP contribution < -0.4 is 0 Å². The first kappa shape index (κ1) is 31.6. The average molecular weight is 575 g/mol. The number of thiophene rings is 1. The third kappa shape index (κ3) is 10.6. The van der Waals surface area contributed by atoms with Gasteiger partial charge in [-0.05, 0) is 49.5 Å². The van der Waals surface area contributed by atoms with Crippen LogP contribution in [-0.2, 0) is 27.4 Å². The Balaban J connectivity index is 0.000000301. The Morgan fingerprint density at radius 3 is 2.24 bits per heavy atom. The minimum Gasteiger partial charge on any atom is -0.475 e. The van der Waals surface area contributed by atoms with Crippen molar-refractivity contribution in [1.29, 1.82) is 0 Å². The topological polar surface area (TPSA) is 103 Å². The van der Waals surface area contributed by atoms with E-state index in [0.29, 0.717) is 12.0 Å². The molecule has 214 valence electrons. The summed E-state index contributed by atoms with van der Waals surface area (Å²) in [4.78, 5) is 24.2. The first-order valence-corrected chi connectivity index (χ1v) is 12.2. The van der Waals surface area contributed by atoms with Gasteiger partial charge in [0.25, 0.3) is 0 Å². The standard InChI is InChI=1S/C19H26N2O2S.2C2HF3O2/c1-20(10-16-4-2-8-22-16)13-19-18-12-21(7-6-15(18)14-23-19)11-17-5-3-9-24-17;2*3-2(4,5)1(6)7/h2-5,8-9,15,18-19H,6-7,10-14H2,1H3;2*(H,6,7)/t15-,18-,19+;;/m0../s1. The Hall–Kier alpha value is -2.62. The highest BCUT2D eigenvalue weighted by Crippen LogP contribution is 2.35. The number of carboxylic acids is 2. The van der Waals surface area contributed by atoms with E-state index < -0.39 is 24.3 Å². The van der Waals surface area contributed by atoms with E-state index >= 15 is 0 Å². The van der Waals surface area contributed by atoms with Crippen LogP contribution in [0.15, 0.2) is 40.3 Å². The quantitative estimate of drug-likeness (QED) is 0.484. The number of likely N-dealkylation sites (tertiary alicyclic amines) is 1. The molecule has 2 N–H and O–H groups in total. The first-order chi connectivity index (χ1) is 17.7. The van der Waals surface area contributed by atoms with Crippen molar-refractivity contribution in [3.8, 4) is 0 Å². The molecule has 15 heteroatoms. The summed E-state index contributed by atoms with van der Waals surface area (Å²) in [5.74, 6) is -3.08. The molecule has 0 amide bonds. The number of aliphatic carboxylic acids is 2. The fourth-order valence-electron chi connectivity index (χ4n) is 4.09. The molecule has 2 aromatic rings. The molecule has 2 aromatic heterocycles. The lowest BCUT2D eigenvalue weighted by molar-refractivity contribution is -0.193. The fourth-order valence-corrected chi connectivity index (χ4v) is 4.84. The highest BCUT2D eigenvalue weighted by atomic mass is 32.1. The highest BCUT2D eigenvalue weighted by Gasteiger charge is 2.41. The Labute approximate surface area is 218 Å². The van der Waals surface area contributed by atoms with Gasteiger partial charge in [0.1, 0.15) is 5.76 Å². The predicted molar refractivity (Wildman–Crippen MR) is 123 cm³/mol. The summed E-state index contributed by atoms with van der Waals surface area (Å²) >= 11 is 1.86. The van der Waals surface area contributed by atoms with Crippen LogP contribution in [0.2, 0.25) is 0 Å². The number of hydrogen-bond donors (Lipinski definition) is 2. The van der Waals surface area contributed by atoms with Crippen LogP contribution in [0.3, 0.4) is 0 Å². The zero-order valence-electron chi connectivity index (χ0n) is 20.2. The summed E-state index contributed by atoms with van der Waals surface area (Å²) in [6.07, 6.45) is -6.80. The van der Waals surface area contributed by atoms with E-state index in [9.17, 15) is 26.3 Å². The first-order valence-electron chi connectivity index (χ1n) is 11.3. The summed E-state index contributed by atoms with van der Waals surface area (Å²) < 4.78 is 75.1. The van der Waals surface area contributed by atoms with E-state index in [2.05, 4.69) is 34.4 Å². The van der Waals surface area contributed by atoms with E-state index in [1.165, 1.54) is 24.4 Å². The maximum absolute atomic E-state index is 10.6. The molecule has 2 saturated heterocycles. The molecular formula is C23H28F6N2O6S. The van der Waals surface area contributed by atoms with Gasteiger partial charge in [-0.1, -0.05) is 6.07 Å². The molecule has 38 heavy (non-hydrogen) atoms. The summed E-state index contributed by atoms with van der Waals surface area (Å²) in [6, 6.07) is 8.39. The number of carbonyl (C=O) groups is 2. The summed E-state index contributed by atoms with van der Waals surface area (Å²) in [5, 5.41) is 16.4. The third-order valence-electron chi connectivity index (χ3n) is 5.83. The minimum atomic E-state index is -5.08. The van der Waals surface area contributed by atoms with Crippen molar-refractivity contribution in [1.82, 2.24) is 9.80 Å². The van der Waals surface area contributed by atoms with Crippen molar-refractivity contribution >= 4 is 23.3 Å². The van der Waals surface area contributed by atoms with Crippen LogP contribution in [0, 0.1) is 11.8 Å². The van der Waals surface area contributed by atoms with Crippen LogP contribution in [0.4, 0.5) is 26.3 Å². The third-order valence-corrected chi connectivity index (χ3v) is 6.70. The fraction of sp³-hybridized carbons (Fsp3) is 0.565. The van der Waals surface area contributed by atoms with Gasteiger partial charge in [-0.15, -0.1) is 11.3 Å². The van der Waals surface area contributed by atoms with Gasteiger partial charge in [0.15, 0.2) is 0 Å². The van der Waals surface area contributed by atoms with Gasteiger partial charge in [0.05, 0.1) is 25.5 Å². The number of alkyl halides is 6. The lowest BCUT2D eigenvalue weighted by Crippen LogP contribution is -2.44. The smallest absolute Gasteiger partial charge is 0.475 e. The Morgan fingerprint density at radius 1 is 1.11 bits per heavy atom. The second-order valence-corrected chi connectivity index (χ2v) is 9.81. The molecule has 4 rings (SSSR count). The van der Waals surface area contributed by atoms with Gasteiger partial charge in [0, 0.05) is 30.4 Å². The van der Waals surface area contributed by atoms with E-state index in [0.717, 1.165) is 37.9 Å². The monoisotopic (exact) mass is 574 g/mol. The number of hydrogen-bond acceptors (Lipinski definition) is 7. The van der Waals surface area contributed by atoms with Crippen molar-refractivity contribution in [2.75, 3.05) is 33.3 Å². The van der Waals surface area contributed by atoms with Crippen LogP contribution in [0.5, 0.6) is 0 Å². The zero-order valence-corrected chi connectivity index (χ0v) is 21.1. The molecule has 0 unspecified atom stereocenters. The van der Waals surface area contributed by atoms with Gasteiger partial charge >= 0.3 is 24.3 Å². The number of likely N-dealkylation sites (N-methyl/N-ethyl adjacent to an activating group) is 1. The van der Waals surface area contributed by atoms with Crippen LogP contribution in [0.25, 0.3) is 0 Å². The molecule has 2 aliphatic rings. The lowest BCUT2D eigenvalue weighted by atomic mass is 9.84. The second-order valence-electron chi connectivity index (χ2n) is 8.78. The highest BCUT2D eigenvalue weighted by molar-refractivity contribution is 7.09. The maximum Gasteiger partial charge on any atom is 0.490 e. The van der Waals surface area contributed by atoms with Gasteiger partial charge < -0.3 is 19.4 Å². The van der Waals surface area contributed by atoms with Crippen LogP contribution >= 0.6 is 11.3 Å². The van der Waals surface area contributed by atoms with E-state index in [1.54, 1.807) is 6.26 Å².